The van der Waals surface area contributed by atoms with Crippen molar-refractivity contribution in [2.45, 2.75) is 31.8 Å². The van der Waals surface area contributed by atoms with E-state index in [1.165, 1.54) is 31.5 Å². The van der Waals surface area contributed by atoms with Gasteiger partial charge in [-0.05, 0) is 38.4 Å². The number of hydrogen-bond donors (Lipinski definition) is 1. The molecule has 0 bridgehead atoms. The second-order valence-corrected chi connectivity index (χ2v) is 4.46. The maximum Gasteiger partial charge on any atom is 0.0496 e. The molecule has 0 aliphatic carbocycles. The van der Waals surface area contributed by atoms with Crippen LogP contribution in [0.5, 0.6) is 0 Å². The van der Waals surface area contributed by atoms with E-state index in [-0.39, 0.29) is 6.04 Å². The molecule has 0 aromatic heterocycles. The first kappa shape index (κ1) is 10.7. The molecular formula is C13H20N2. The molecule has 1 fully saturated rings. The van der Waals surface area contributed by atoms with Crippen molar-refractivity contribution in [3.8, 4) is 0 Å². The summed E-state index contributed by atoms with van der Waals surface area (Å²) in [5.41, 5.74) is 7.46. The average molecular weight is 204 g/mol. The molecule has 1 aromatic rings. The van der Waals surface area contributed by atoms with E-state index in [9.17, 15) is 0 Å². The summed E-state index contributed by atoms with van der Waals surface area (Å²) in [6.45, 7) is 4.50. The van der Waals surface area contributed by atoms with Gasteiger partial charge in [0.05, 0.1) is 0 Å². The molecule has 2 rings (SSSR count). The molecule has 0 saturated carbocycles. The van der Waals surface area contributed by atoms with E-state index < -0.39 is 0 Å². The van der Waals surface area contributed by atoms with Crippen molar-refractivity contribution in [2.24, 2.45) is 5.73 Å². The van der Waals surface area contributed by atoms with Crippen LogP contribution in [0.3, 0.4) is 0 Å². The van der Waals surface area contributed by atoms with Gasteiger partial charge in [0.25, 0.3) is 0 Å². The van der Waals surface area contributed by atoms with E-state index in [1.807, 2.05) is 0 Å². The minimum Gasteiger partial charge on any atom is -0.326 e. The van der Waals surface area contributed by atoms with Gasteiger partial charge >= 0.3 is 0 Å². The Morgan fingerprint density at radius 2 is 1.73 bits per heavy atom. The molecule has 82 valence electrons. The van der Waals surface area contributed by atoms with Crippen molar-refractivity contribution >= 4 is 0 Å². The van der Waals surface area contributed by atoms with E-state index >= 15 is 0 Å². The topological polar surface area (TPSA) is 29.3 Å². The van der Waals surface area contributed by atoms with Crippen molar-refractivity contribution < 1.29 is 0 Å². The summed E-state index contributed by atoms with van der Waals surface area (Å²) in [6.07, 6.45) is 2.63. The Kier molecular flexibility index (Phi) is 3.39. The van der Waals surface area contributed by atoms with Crippen LogP contribution in [-0.2, 0) is 0 Å². The van der Waals surface area contributed by atoms with Crippen LogP contribution in [0.25, 0.3) is 0 Å². The minimum atomic E-state index is 0.200. The van der Waals surface area contributed by atoms with Crippen molar-refractivity contribution in [1.82, 2.24) is 4.90 Å². The number of nitrogens with two attached hydrogens (primary N) is 1. The molecule has 0 spiro atoms. The van der Waals surface area contributed by atoms with Crippen molar-refractivity contribution in [3.05, 3.63) is 35.9 Å². The third kappa shape index (κ3) is 2.39. The van der Waals surface area contributed by atoms with Gasteiger partial charge in [0.15, 0.2) is 0 Å². The molecule has 1 aliphatic heterocycles. The SMILES string of the molecule is CC(N)C(c1ccccc1)N1CCCC1. The average Bonchev–Trinajstić information content (AvgIpc) is 2.72. The zero-order valence-electron chi connectivity index (χ0n) is 9.39. The van der Waals surface area contributed by atoms with E-state index in [0.717, 1.165) is 0 Å². The van der Waals surface area contributed by atoms with Crippen LogP contribution in [0.4, 0.5) is 0 Å². The summed E-state index contributed by atoms with van der Waals surface area (Å²) in [4.78, 5) is 2.51. The Labute approximate surface area is 92.1 Å². The number of rotatable bonds is 3. The first-order valence-corrected chi connectivity index (χ1v) is 5.83. The largest absolute Gasteiger partial charge is 0.326 e. The lowest BCUT2D eigenvalue weighted by Crippen LogP contribution is -2.37. The fraction of sp³-hybridized carbons (Fsp3) is 0.538. The van der Waals surface area contributed by atoms with E-state index in [4.69, 9.17) is 5.73 Å². The predicted octanol–water partition coefficient (Wildman–Crippen LogP) is 2.17. The molecule has 1 aromatic carbocycles. The first-order valence-electron chi connectivity index (χ1n) is 5.83. The maximum atomic E-state index is 6.11. The monoisotopic (exact) mass is 204 g/mol. The van der Waals surface area contributed by atoms with Crippen LogP contribution in [0.15, 0.2) is 30.3 Å². The Morgan fingerprint density at radius 3 is 2.27 bits per heavy atom. The Balaban J connectivity index is 2.19. The summed E-state index contributed by atoms with van der Waals surface area (Å²) in [5, 5.41) is 0. The summed E-state index contributed by atoms with van der Waals surface area (Å²) in [5.74, 6) is 0. The van der Waals surface area contributed by atoms with Gasteiger partial charge in [-0.25, -0.2) is 0 Å². The van der Waals surface area contributed by atoms with E-state index in [2.05, 4.69) is 42.2 Å². The van der Waals surface area contributed by atoms with Crippen molar-refractivity contribution in [2.75, 3.05) is 13.1 Å². The van der Waals surface area contributed by atoms with Gasteiger partial charge in [-0.1, -0.05) is 30.3 Å². The van der Waals surface area contributed by atoms with Crippen LogP contribution >= 0.6 is 0 Å². The van der Waals surface area contributed by atoms with Gasteiger partial charge < -0.3 is 5.73 Å². The standard InChI is InChI=1S/C13H20N2/c1-11(14)13(15-9-5-6-10-15)12-7-3-2-4-8-12/h2-4,7-8,11,13H,5-6,9-10,14H2,1H3. The molecule has 1 heterocycles. The number of likely N-dealkylation sites (tertiary alicyclic amines) is 1. The highest BCUT2D eigenvalue weighted by atomic mass is 15.2. The van der Waals surface area contributed by atoms with Gasteiger partial charge in [-0.2, -0.15) is 0 Å². The molecule has 2 heteroatoms. The van der Waals surface area contributed by atoms with Crippen LogP contribution in [0.2, 0.25) is 0 Å². The van der Waals surface area contributed by atoms with Gasteiger partial charge in [0.1, 0.15) is 0 Å². The number of benzene rings is 1. The second-order valence-electron chi connectivity index (χ2n) is 4.46. The highest BCUT2D eigenvalue weighted by Gasteiger charge is 2.25. The Hall–Kier alpha value is -0.860. The Bertz CT molecular complexity index is 289. The van der Waals surface area contributed by atoms with Crippen LogP contribution in [0.1, 0.15) is 31.4 Å². The second kappa shape index (κ2) is 4.77. The third-order valence-electron chi connectivity index (χ3n) is 3.17. The zero-order valence-corrected chi connectivity index (χ0v) is 9.39. The molecule has 2 atom stereocenters. The number of nitrogens with zero attached hydrogens (tertiary/aromatic N) is 1. The first-order chi connectivity index (χ1) is 7.29. The fourth-order valence-electron chi connectivity index (χ4n) is 2.52. The quantitative estimate of drug-likeness (QED) is 0.817. The molecule has 0 radical (unpaired) electrons. The molecular weight excluding hydrogens is 184 g/mol. The molecule has 2 nitrogen and oxygen atoms in total. The smallest absolute Gasteiger partial charge is 0.0496 e. The van der Waals surface area contributed by atoms with E-state index in [1.54, 1.807) is 0 Å². The molecule has 2 N–H and O–H groups in total. The van der Waals surface area contributed by atoms with Gasteiger partial charge in [-0.15, -0.1) is 0 Å². The van der Waals surface area contributed by atoms with Crippen LogP contribution in [0, 0.1) is 0 Å². The predicted molar refractivity (Wildman–Crippen MR) is 63.6 cm³/mol. The molecule has 15 heavy (non-hydrogen) atoms. The third-order valence-corrected chi connectivity index (χ3v) is 3.17. The van der Waals surface area contributed by atoms with Crippen LogP contribution in [-0.4, -0.2) is 24.0 Å². The summed E-state index contributed by atoms with van der Waals surface area (Å²) >= 11 is 0. The van der Waals surface area contributed by atoms with E-state index in [0.29, 0.717) is 6.04 Å². The van der Waals surface area contributed by atoms with Crippen molar-refractivity contribution in [1.29, 1.82) is 0 Å². The molecule has 1 aliphatic rings. The fourth-order valence-corrected chi connectivity index (χ4v) is 2.52. The summed E-state index contributed by atoms with van der Waals surface area (Å²) in [6, 6.07) is 11.2. The summed E-state index contributed by atoms with van der Waals surface area (Å²) in [7, 11) is 0. The molecule has 1 saturated heterocycles. The maximum absolute atomic E-state index is 6.11. The lowest BCUT2D eigenvalue weighted by atomic mass is 10.00. The zero-order chi connectivity index (χ0) is 10.7. The minimum absolute atomic E-state index is 0.200. The van der Waals surface area contributed by atoms with Crippen LogP contribution < -0.4 is 5.73 Å². The van der Waals surface area contributed by atoms with Gasteiger partial charge in [-0.3, -0.25) is 4.90 Å². The summed E-state index contributed by atoms with van der Waals surface area (Å²) < 4.78 is 0. The Morgan fingerprint density at radius 1 is 1.13 bits per heavy atom. The lowest BCUT2D eigenvalue weighted by Gasteiger charge is -2.31. The normalized spacial score (nSPS) is 21.5. The van der Waals surface area contributed by atoms with Crippen molar-refractivity contribution in [3.63, 3.8) is 0 Å². The highest BCUT2D eigenvalue weighted by molar-refractivity contribution is 5.20. The van der Waals surface area contributed by atoms with Gasteiger partial charge in [0, 0.05) is 12.1 Å². The lowest BCUT2D eigenvalue weighted by molar-refractivity contribution is 0.219. The highest BCUT2D eigenvalue weighted by Crippen LogP contribution is 2.26. The van der Waals surface area contributed by atoms with Gasteiger partial charge in [0.2, 0.25) is 0 Å². The molecule has 0 amide bonds. The molecule has 2 unspecified atom stereocenters. The number of hydrogen-bond acceptors (Lipinski definition) is 2.